The van der Waals surface area contributed by atoms with Crippen molar-refractivity contribution in [2.75, 3.05) is 27.2 Å². The number of carbonyl (C=O) groups is 2. The van der Waals surface area contributed by atoms with Gasteiger partial charge in [-0.15, -0.1) is 0 Å². The van der Waals surface area contributed by atoms with E-state index < -0.39 is 6.10 Å². The van der Waals surface area contributed by atoms with Crippen LogP contribution in [0.4, 0.5) is 0 Å². The molecule has 2 amide bonds. The van der Waals surface area contributed by atoms with Gasteiger partial charge >= 0.3 is 0 Å². The van der Waals surface area contributed by atoms with Crippen LogP contribution in [0.2, 0.25) is 0 Å². The fourth-order valence-electron chi connectivity index (χ4n) is 3.62. The third kappa shape index (κ3) is 5.05. The highest BCUT2D eigenvalue weighted by Crippen LogP contribution is 2.28. The summed E-state index contributed by atoms with van der Waals surface area (Å²) in [5, 5.41) is 2.10. The van der Waals surface area contributed by atoms with Gasteiger partial charge in [0, 0.05) is 32.7 Å². The summed E-state index contributed by atoms with van der Waals surface area (Å²) in [6, 6.07) is 19.8. The molecular formula is C26H30N2O3. The van der Waals surface area contributed by atoms with Crippen molar-refractivity contribution in [3.8, 4) is 16.9 Å². The van der Waals surface area contributed by atoms with Crippen LogP contribution in [0.15, 0.2) is 60.7 Å². The summed E-state index contributed by atoms with van der Waals surface area (Å²) in [5.74, 6) is 0.639. The quantitative estimate of drug-likeness (QED) is 0.551. The van der Waals surface area contributed by atoms with Crippen LogP contribution in [-0.4, -0.2) is 54.9 Å². The lowest BCUT2D eigenvalue weighted by Crippen LogP contribution is -2.35. The summed E-state index contributed by atoms with van der Waals surface area (Å²) in [7, 11) is 3.43. The number of likely N-dealkylation sites (N-methyl/N-ethyl adjacent to an activating group) is 1. The Morgan fingerprint density at radius 2 is 1.52 bits per heavy atom. The first-order chi connectivity index (χ1) is 14.8. The van der Waals surface area contributed by atoms with Crippen LogP contribution in [0, 0.1) is 0 Å². The highest BCUT2D eigenvalue weighted by molar-refractivity contribution is 5.96. The molecule has 0 aliphatic rings. The number of rotatable bonds is 7. The van der Waals surface area contributed by atoms with E-state index in [9.17, 15) is 9.59 Å². The minimum Gasteiger partial charge on any atom is -0.481 e. The van der Waals surface area contributed by atoms with Gasteiger partial charge in [-0.05, 0) is 73.0 Å². The third-order valence-electron chi connectivity index (χ3n) is 5.41. The molecule has 0 saturated heterocycles. The van der Waals surface area contributed by atoms with Crippen molar-refractivity contribution >= 4 is 22.6 Å². The lowest BCUT2D eigenvalue weighted by atomic mass is 9.99. The number of ether oxygens (including phenoxy) is 1. The van der Waals surface area contributed by atoms with Crippen LogP contribution in [-0.2, 0) is 4.79 Å². The molecule has 3 rings (SSSR count). The second kappa shape index (κ2) is 9.65. The molecule has 5 nitrogen and oxygen atoms in total. The van der Waals surface area contributed by atoms with Crippen LogP contribution in [0.3, 0.4) is 0 Å². The molecule has 3 aromatic rings. The summed E-state index contributed by atoms with van der Waals surface area (Å²) in [4.78, 5) is 28.1. The average Bonchev–Trinajstić information content (AvgIpc) is 2.78. The molecule has 0 radical (unpaired) electrons. The zero-order chi connectivity index (χ0) is 22.5. The van der Waals surface area contributed by atoms with Crippen LogP contribution >= 0.6 is 0 Å². The van der Waals surface area contributed by atoms with Gasteiger partial charge in [0.15, 0.2) is 6.10 Å². The first-order valence-corrected chi connectivity index (χ1v) is 10.6. The Balaban J connectivity index is 1.86. The van der Waals surface area contributed by atoms with E-state index in [0.29, 0.717) is 24.4 Å². The Bertz CT molecular complexity index is 1090. The van der Waals surface area contributed by atoms with Crippen molar-refractivity contribution in [3.05, 3.63) is 66.2 Å². The van der Waals surface area contributed by atoms with Crippen LogP contribution in [0.25, 0.3) is 21.9 Å². The van der Waals surface area contributed by atoms with Gasteiger partial charge in [0.05, 0.1) is 0 Å². The van der Waals surface area contributed by atoms with Gasteiger partial charge in [-0.1, -0.05) is 30.3 Å². The average molecular weight is 419 g/mol. The van der Waals surface area contributed by atoms with E-state index in [1.54, 1.807) is 21.0 Å². The number of carbonyl (C=O) groups excluding carboxylic acids is 2. The van der Waals surface area contributed by atoms with Gasteiger partial charge in [-0.3, -0.25) is 9.59 Å². The zero-order valence-electron chi connectivity index (χ0n) is 18.9. The molecule has 1 atom stereocenters. The minimum absolute atomic E-state index is 0.0517. The molecule has 31 heavy (non-hydrogen) atoms. The standard InChI is InChI=1S/C26H30N2O3/c1-6-28(7-2)26(30)23-10-8-9-19(16-23)20-11-12-22-17-24(14-13-21(22)15-20)31-18(3)25(29)27(4)5/h8-18H,6-7H2,1-5H3. The van der Waals surface area contributed by atoms with E-state index in [0.717, 1.165) is 21.9 Å². The molecule has 0 saturated carbocycles. The smallest absolute Gasteiger partial charge is 0.262 e. The molecule has 0 heterocycles. The second-order valence-electron chi connectivity index (χ2n) is 7.77. The second-order valence-corrected chi connectivity index (χ2v) is 7.77. The van der Waals surface area contributed by atoms with Gasteiger partial charge in [0.25, 0.3) is 11.8 Å². The SMILES string of the molecule is CCN(CC)C(=O)c1cccc(-c2ccc3cc(OC(C)C(=O)N(C)C)ccc3c2)c1. The molecule has 0 aliphatic carbocycles. The molecule has 0 N–H and O–H groups in total. The maximum Gasteiger partial charge on any atom is 0.262 e. The van der Waals surface area contributed by atoms with Gasteiger partial charge in [0.2, 0.25) is 0 Å². The summed E-state index contributed by atoms with van der Waals surface area (Å²) >= 11 is 0. The van der Waals surface area contributed by atoms with Crippen LogP contribution in [0.1, 0.15) is 31.1 Å². The molecule has 0 bridgehead atoms. The van der Waals surface area contributed by atoms with Gasteiger partial charge in [0.1, 0.15) is 5.75 Å². The fraction of sp³-hybridized carbons (Fsp3) is 0.308. The number of nitrogens with zero attached hydrogens (tertiary/aromatic N) is 2. The molecular weight excluding hydrogens is 388 g/mol. The Hall–Kier alpha value is -3.34. The highest BCUT2D eigenvalue weighted by atomic mass is 16.5. The maximum absolute atomic E-state index is 12.7. The molecule has 5 heteroatoms. The largest absolute Gasteiger partial charge is 0.481 e. The predicted octanol–water partition coefficient (Wildman–Crippen LogP) is 4.84. The summed E-state index contributed by atoms with van der Waals surface area (Å²) < 4.78 is 5.81. The zero-order valence-corrected chi connectivity index (χ0v) is 18.9. The van der Waals surface area contributed by atoms with Gasteiger partial charge in [-0.2, -0.15) is 0 Å². The predicted molar refractivity (Wildman–Crippen MR) is 125 cm³/mol. The van der Waals surface area contributed by atoms with Gasteiger partial charge < -0.3 is 14.5 Å². The molecule has 0 aliphatic heterocycles. The number of hydrogen-bond donors (Lipinski definition) is 0. The summed E-state index contributed by atoms with van der Waals surface area (Å²) in [5.41, 5.74) is 2.75. The molecule has 0 fully saturated rings. The Morgan fingerprint density at radius 3 is 2.19 bits per heavy atom. The summed E-state index contributed by atoms with van der Waals surface area (Å²) in [6.07, 6.45) is -0.544. The fourth-order valence-corrected chi connectivity index (χ4v) is 3.62. The van der Waals surface area contributed by atoms with E-state index in [2.05, 4.69) is 6.07 Å². The number of amides is 2. The first-order valence-electron chi connectivity index (χ1n) is 10.6. The normalized spacial score (nSPS) is 11.8. The highest BCUT2D eigenvalue weighted by Gasteiger charge is 2.17. The summed E-state index contributed by atoms with van der Waals surface area (Å²) in [6.45, 7) is 7.12. The van der Waals surface area contributed by atoms with Crippen molar-refractivity contribution in [3.63, 3.8) is 0 Å². The van der Waals surface area contributed by atoms with E-state index in [-0.39, 0.29) is 11.8 Å². The third-order valence-corrected chi connectivity index (χ3v) is 5.41. The number of hydrogen-bond acceptors (Lipinski definition) is 3. The Kier molecular flexibility index (Phi) is 6.95. The van der Waals surface area contributed by atoms with Crippen molar-refractivity contribution in [1.82, 2.24) is 9.80 Å². The molecule has 3 aromatic carbocycles. The van der Waals surface area contributed by atoms with Crippen LogP contribution in [0.5, 0.6) is 5.75 Å². The maximum atomic E-state index is 12.7. The number of fused-ring (bicyclic) bond motifs is 1. The van der Waals surface area contributed by atoms with Crippen molar-refractivity contribution in [2.24, 2.45) is 0 Å². The molecule has 1 unspecified atom stereocenters. The van der Waals surface area contributed by atoms with Crippen LogP contribution < -0.4 is 4.74 Å². The molecule has 0 aromatic heterocycles. The molecule has 0 spiro atoms. The lowest BCUT2D eigenvalue weighted by molar-refractivity contribution is -0.135. The van der Waals surface area contributed by atoms with Crippen molar-refractivity contribution < 1.29 is 14.3 Å². The Morgan fingerprint density at radius 1 is 0.871 bits per heavy atom. The van der Waals surface area contributed by atoms with E-state index in [1.807, 2.05) is 73.3 Å². The minimum atomic E-state index is -0.544. The Labute approximate surface area is 184 Å². The molecule has 162 valence electrons. The topological polar surface area (TPSA) is 49.9 Å². The lowest BCUT2D eigenvalue weighted by Gasteiger charge is -2.19. The number of benzene rings is 3. The monoisotopic (exact) mass is 418 g/mol. The van der Waals surface area contributed by atoms with E-state index in [1.165, 1.54) is 4.90 Å². The van der Waals surface area contributed by atoms with Crippen molar-refractivity contribution in [1.29, 1.82) is 0 Å². The van der Waals surface area contributed by atoms with E-state index in [4.69, 9.17) is 4.74 Å². The van der Waals surface area contributed by atoms with Gasteiger partial charge in [-0.25, -0.2) is 0 Å². The van der Waals surface area contributed by atoms with E-state index >= 15 is 0 Å². The van der Waals surface area contributed by atoms with Crippen molar-refractivity contribution in [2.45, 2.75) is 26.9 Å². The first kappa shape index (κ1) is 22.3.